The minimum absolute atomic E-state index is 0.406. The summed E-state index contributed by atoms with van der Waals surface area (Å²) in [6.45, 7) is 2.30. The first-order valence-corrected chi connectivity index (χ1v) is 5.05. The molecule has 2 aromatic heterocycles. The van der Waals surface area contributed by atoms with E-state index in [1.54, 1.807) is 12.3 Å². The van der Waals surface area contributed by atoms with Gasteiger partial charge in [0, 0.05) is 18.8 Å². The second kappa shape index (κ2) is 4.72. The predicted molar refractivity (Wildman–Crippen MR) is 61.2 cm³/mol. The lowest BCUT2D eigenvalue weighted by Crippen LogP contribution is -2.00. The maximum atomic E-state index is 5.62. The molecule has 0 radical (unpaired) electrons. The zero-order chi connectivity index (χ0) is 11.4. The van der Waals surface area contributed by atoms with Crippen molar-refractivity contribution in [2.45, 2.75) is 13.5 Å². The van der Waals surface area contributed by atoms with Crippen LogP contribution in [-0.4, -0.2) is 9.97 Å². The van der Waals surface area contributed by atoms with Crippen LogP contribution in [0.2, 0.25) is 0 Å². The Morgan fingerprint density at radius 2 is 2.12 bits per heavy atom. The van der Waals surface area contributed by atoms with Gasteiger partial charge in [-0.3, -0.25) is 4.98 Å². The fourth-order valence-corrected chi connectivity index (χ4v) is 1.32. The van der Waals surface area contributed by atoms with Gasteiger partial charge in [0.25, 0.3) is 0 Å². The molecule has 0 spiro atoms. The van der Waals surface area contributed by atoms with Crippen LogP contribution < -0.4 is 10.5 Å². The summed E-state index contributed by atoms with van der Waals surface area (Å²) in [5.41, 5.74) is 7.15. The molecule has 0 unspecified atom stereocenters. The molecule has 16 heavy (non-hydrogen) atoms. The van der Waals surface area contributed by atoms with Crippen LogP contribution in [0.1, 0.15) is 11.4 Å². The number of hydrogen-bond acceptors (Lipinski definition) is 4. The third-order valence-corrected chi connectivity index (χ3v) is 2.16. The van der Waals surface area contributed by atoms with Crippen LogP contribution in [0.25, 0.3) is 0 Å². The van der Waals surface area contributed by atoms with E-state index >= 15 is 0 Å². The van der Waals surface area contributed by atoms with E-state index in [0.29, 0.717) is 18.2 Å². The molecular formula is C12H13N3O. The maximum Gasteiger partial charge on any atom is 0.219 e. The Morgan fingerprint density at radius 3 is 2.88 bits per heavy atom. The zero-order valence-corrected chi connectivity index (χ0v) is 9.05. The lowest BCUT2D eigenvalue weighted by Gasteiger charge is -2.07. The van der Waals surface area contributed by atoms with Crippen molar-refractivity contribution in [3.8, 4) is 11.6 Å². The number of pyridine rings is 2. The van der Waals surface area contributed by atoms with Crippen molar-refractivity contribution in [1.82, 2.24) is 9.97 Å². The van der Waals surface area contributed by atoms with Gasteiger partial charge in [-0.25, -0.2) is 4.98 Å². The van der Waals surface area contributed by atoms with E-state index in [-0.39, 0.29) is 0 Å². The summed E-state index contributed by atoms with van der Waals surface area (Å²) in [6, 6.07) is 9.22. The highest BCUT2D eigenvalue weighted by Crippen LogP contribution is 2.21. The maximum absolute atomic E-state index is 5.62. The third kappa shape index (κ3) is 2.35. The standard InChI is InChI=1S/C12H13N3O/c1-9-11(5-3-7-14-9)16-12-6-2-4-10(8-13)15-12/h2-7H,8,13H2,1H3. The van der Waals surface area contributed by atoms with Gasteiger partial charge in [-0.1, -0.05) is 6.07 Å². The van der Waals surface area contributed by atoms with Gasteiger partial charge < -0.3 is 10.5 Å². The molecule has 0 aliphatic carbocycles. The fraction of sp³-hybridized carbons (Fsp3) is 0.167. The summed E-state index contributed by atoms with van der Waals surface area (Å²) in [7, 11) is 0. The van der Waals surface area contributed by atoms with E-state index in [2.05, 4.69) is 9.97 Å². The monoisotopic (exact) mass is 215 g/mol. The molecule has 2 aromatic rings. The van der Waals surface area contributed by atoms with Gasteiger partial charge in [0.15, 0.2) is 5.75 Å². The van der Waals surface area contributed by atoms with E-state index < -0.39 is 0 Å². The van der Waals surface area contributed by atoms with Gasteiger partial charge in [-0.15, -0.1) is 0 Å². The molecule has 0 bridgehead atoms. The average Bonchev–Trinajstić information content (AvgIpc) is 2.32. The molecule has 0 aliphatic rings. The molecule has 0 aromatic carbocycles. The molecule has 0 aliphatic heterocycles. The molecule has 4 nitrogen and oxygen atoms in total. The first kappa shape index (κ1) is 10.6. The van der Waals surface area contributed by atoms with Crippen molar-refractivity contribution in [3.63, 3.8) is 0 Å². The molecule has 2 N–H and O–H groups in total. The summed E-state index contributed by atoms with van der Waals surface area (Å²) >= 11 is 0. The van der Waals surface area contributed by atoms with Gasteiger partial charge in [0.05, 0.1) is 11.4 Å². The normalized spacial score (nSPS) is 10.1. The first-order chi connectivity index (χ1) is 7.79. The lowest BCUT2D eigenvalue weighted by molar-refractivity contribution is 0.454. The molecule has 2 rings (SSSR count). The van der Waals surface area contributed by atoms with E-state index in [9.17, 15) is 0 Å². The summed E-state index contributed by atoms with van der Waals surface area (Å²) < 4.78 is 5.62. The van der Waals surface area contributed by atoms with Crippen LogP contribution in [0.3, 0.4) is 0 Å². The molecule has 0 saturated carbocycles. The SMILES string of the molecule is Cc1ncccc1Oc1cccc(CN)n1. The summed E-state index contributed by atoms with van der Waals surface area (Å²) in [6.07, 6.45) is 1.73. The summed E-state index contributed by atoms with van der Waals surface area (Å²) in [4.78, 5) is 8.39. The highest BCUT2D eigenvalue weighted by molar-refractivity contribution is 5.30. The Labute approximate surface area is 94.1 Å². The number of hydrogen-bond donors (Lipinski definition) is 1. The predicted octanol–water partition coefficient (Wildman–Crippen LogP) is 2.04. The number of ether oxygens (including phenoxy) is 1. The van der Waals surface area contributed by atoms with Gasteiger partial charge in [-0.05, 0) is 25.1 Å². The van der Waals surface area contributed by atoms with Crippen LogP contribution >= 0.6 is 0 Å². The fourth-order valence-electron chi connectivity index (χ4n) is 1.32. The summed E-state index contributed by atoms with van der Waals surface area (Å²) in [5.74, 6) is 1.25. The van der Waals surface area contributed by atoms with Gasteiger partial charge in [0.2, 0.25) is 5.88 Å². The average molecular weight is 215 g/mol. The molecular weight excluding hydrogens is 202 g/mol. The third-order valence-electron chi connectivity index (χ3n) is 2.16. The zero-order valence-electron chi connectivity index (χ0n) is 9.05. The number of rotatable bonds is 3. The van der Waals surface area contributed by atoms with Crippen molar-refractivity contribution in [3.05, 3.63) is 47.9 Å². The number of aromatic nitrogens is 2. The van der Waals surface area contributed by atoms with Gasteiger partial charge in [-0.2, -0.15) is 0 Å². The van der Waals surface area contributed by atoms with Gasteiger partial charge >= 0.3 is 0 Å². The van der Waals surface area contributed by atoms with Crippen LogP contribution in [0.5, 0.6) is 11.6 Å². The lowest BCUT2D eigenvalue weighted by atomic mass is 10.3. The molecule has 0 fully saturated rings. The van der Waals surface area contributed by atoms with Crippen LogP contribution in [0.15, 0.2) is 36.5 Å². The topological polar surface area (TPSA) is 61.0 Å². The van der Waals surface area contributed by atoms with Crippen molar-refractivity contribution in [2.75, 3.05) is 0 Å². The van der Waals surface area contributed by atoms with Gasteiger partial charge in [0.1, 0.15) is 0 Å². The van der Waals surface area contributed by atoms with Crippen molar-refractivity contribution in [2.24, 2.45) is 5.73 Å². The Bertz CT molecular complexity index is 485. The molecule has 0 amide bonds. The van der Waals surface area contributed by atoms with Crippen molar-refractivity contribution < 1.29 is 4.74 Å². The minimum Gasteiger partial charge on any atom is -0.437 e. The highest BCUT2D eigenvalue weighted by atomic mass is 16.5. The minimum atomic E-state index is 0.406. The van der Waals surface area contributed by atoms with E-state index in [1.165, 1.54) is 0 Å². The Morgan fingerprint density at radius 1 is 1.25 bits per heavy atom. The van der Waals surface area contributed by atoms with Crippen LogP contribution in [0, 0.1) is 6.92 Å². The molecule has 4 heteroatoms. The number of nitrogens with zero attached hydrogens (tertiary/aromatic N) is 2. The van der Waals surface area contributed by atoms with Crippen LogP contribution in [-0.2, 0) is 6.54 Å². The number of aryl methyl sites for hydroxylation is 1. The quantitative estimate of drug-likeness (QED) is 0.851. The molecule has 0 atom stereocenters. The molecule has 0 saturated heterocycles. The summed E-state index contributed by atoms with van der Waals surface area (Å²) in [5, 5.41) is 0. The first-order valence-electron chi connectivity index (χ1n) is 5.05. The van der Waals surface area contributed by atoms with E-state index in [0.717, 1.165) is 11.4 Å². The van der Waals surface area contributed by atoms with Crippen LogP contribution in [0.4, 0.5) is 0 Å². The van der Waals surface area contributed by atoms with Crippen molar-refractivity contribution in [1.29, 1.82) is 0 Å². The number of nitrogens with two attached hydrogens (primary N) is 1. The van der Waals surface area contributed by atoms with E-state index in [1.807, 2.05) is 31.2 Å². The molecule has 82 valence electrons. The second-order valence-electron chi connectivity index (χ2n) is 3.36. The highest BCUT2D eigenvalue weighted by Gasteiger charge is 2.02. The molecule has 2 heterocycles. The van der Waals surface area contributed by atoms with Crippen molar-refractivity contribution >= 4 is 0 Å². The Kier molecular flexibility index (Phi) is 3.12. The largest absolute Gasteiger partial charge is 0.437 e. The Hall–Kier alpha value is -1.94. The second-order valence-corrected chi connectivity index (χ2v) is 3.36. The smallest absolute Gasteiger partial charge is 0.219 e. The Balaban J connectivity index is 2.24. The van der Waals surface area contributed by atoms with E-state index in [4.69, 9.17) is 10.5 Å².